The zero-order valence-electron chi connectivity index (χ0n) is 10.3. The maximum atomic E-state index is 13.9. The number of halogens is 2. The fraction of sp³-hybridized carbons (Fsp3) is 0.462. The number of hydrogen-bond donors (Lipinski definition) is 0. The van der Waals surface area contributed by atoms with Crippen LogP contribution in [-0.2, 0) is 0 Å². The number of carbonyl (C=O) groups excluding carboxylic acids is 1. The lowest BCUT2D eigenvalue weighted by atomic mass is 10.1. The third kappa shape index (κ3) is 2.66. The molecule has 0 radical (unpaired) electrons. The van der Waals surface area contributed by atoms with Gasteiger partial charge in [0.15, 0.2) is 0 Å². The highest BCUT2D eigenvalue weighted by Crippen LogP contribution is 2.32. The topological polar surface area (TPSA) is 20.3 Å². The van der Waals surface area contributed by atoms with E-state index in [0.29, 0.717) is 29.9 Å². The minimum Gasteiger partial charge on any atom is -0.365 e. The van der Waals surface area contributed by atoms with E-state index in [4.69, 9.17) is 0 Å². The van der Waals surface area contributed by atoms with Crippen LogP contribution in [0.25, 0.3) is 0 Å². The van der Waals surface area contributed by atoms with Crippen LogP contribution in [0.15, 0.2) is 12.1 Å². The second-order valence-corrected chi connectivity index (χ2v) is 6.49. The zero-order valence-corrected chi connectivity index (χ0v) is 11.1. The standard InChI is InChI=1S/C13H15F2NOS/c1-8-5-16(6-9(2)18-8)13-11(14)3-10(7-17)4-12(13)15/h3-4,7-9H,5-6H2,1-2H3. The molecule has 1 heterocycles. The number of aldehydes is 1. The quantitative estimate of drug-likeness (QED) is 0.771. The molecule has 1 aromatic carbocycles. The van der Waals surface area contributed by atoms with Gasteiger partial charge in [-0.1, -0.05) is 13.8 Å². The minimum absolute atomic E-state index is 0.0143. The van der Waals surface area contributed by atoms with E-state index in [0.717, 1.165) is 12.1 Å². The van der Waals surface area contributed by atoms with Gasteiger partial charge >= 0.3 is 0 Å². The van der Waals surface area contributed by atoms with Gasteiger partial charge < -0.3 is 4.90 Å². The lowest BCUT2D eigenvalue weighted by Crippen LogP contribution is -2.41. The number of hydrogen-bond acceptors (Lipinski definition) is 3. The second-order valence-electron chi connectivity index (χ2n) is 4.61. The molecular weight excluding hydrogens is 256 g/mol. The first-order valence-electron chi connectivity index (χ1n) is 5.86. The number of rotatable bonds is 2. The van der Waals surface area contributed by atoms with Gasteiger partial charge in [0.1, 0.15) is 23.6 Å². The first-order valence-corrected chi connectivity index (χ1v) is 6.80. The van der Waals surface area contributed by atoms with Crippen molar-refractivity contribution < 1.29 is 13.6 Å². The van der Waals surface area contributed by atoms with Gasteiger partial charge in [-0.25, -0.2) is 8.78 Å². The molecule has 0 aromatic heterocycles. The molecule has 2 nitrogen and oxygen atoms in total. The number of nitrogens with zero attached hydrogens (tertiary/aromatic N) is 1. The molecular formula is C13H15F2NOS. The molecule has 1 aliphatic heterocycles. The Labute approximate surface area is 109 Å². The fourth-order valence-electron chi connectivity index (χ4n) is 2.32. The van der Waals surface area contributed by atoms with Gasteiger partial charge in [0.25, 0.3) is 0 Å². The van der Waals surface area contributed by atoms with Crippen LogP contribution in [0.4, 0.5) is 14.5 Å². The van der Waals surface area contributed by atoms with Crippen LogP contribution in [0.5, 0.6) is 0 Å². The summed E-state index contributed by atoms with van der Waals surface area (Å²) in [6.07, 6.45) is 0.452. The summed E-state index contributed by atoms with van der Waals surface area (Å²) in [5.41, 5.74) is 0.0147. The largest absolute Gasteiger partial charge is 0.365 e. The van der Waals surface area contributed by atoms with E-state index >= 15 is 0 Å². The van der Waals surface area contributed by atoms with Crippen LogP contribution < -0.4 is 4.90 Å². The van der Waals surface area contributed by atoms with Crippen LogP contribution in [0.2, 0.25) is 0 Å². The SMILES string of the molecule is CC1CN(c2c(F)cc(C=O)cc2F)CC(C)S1. The van der Waals surface area contributed by atoms with Crippen molar-refractivity contribution in [1.82, 2.24) is 0 Å². The number of benzene rings is 1. The number of carbonyl (C=O) groups is 1. The van der Waals surface area contributed by atoms with E-state index in [2.05, 4.69) is 0 Å². The third-order valence-corrected chi connectivity index (χ3v) is 4.14. The first kappa shape index (κ1) is 13.3. The molecule has 2 rings (SSSR count). The summed E-state index contributed by atoms with van der Waals surface area (Å²) in [6, 6.07) is 2.17. The molecule has 98 valence electrons. The van der Waals surface area contributed by atoms with E-state index in [9.17, 15) is 13.6 Å². The molecule has 1 aromatic rings. The zero-order chi connectivity index (χ0) is 13.3. The van der Waals surface area contributed by atoms with E-state index in [1.54, 1.807) is 4.90 Å². The number of anilines is 1. The maximum absolute atomic E-state index is 13.9. The highest BCUT2D eigenvalue weighted by Gasteiger charge is 2.26. The van der Waals surface area contributed by atoms with E-state index in [1.807, 2.05) is 25.6 Å². The second kappa shape index (κ2) is 5.26. The summed E-state index contributed by atoms with van der Waals surface area (Å²) < 4.78 is 27.8. The van der Waals surface area contributed by atoms with Gasteiger partial charge in [-0.15, -0.1) is 0 Å². The first-order chi connectivity index (χ1) is 8.51. The normalized spacial score (nSPS) is 24.1. The Hall–Kier alpha value is -1.10. The molecule has 1 aliphatic rings. The summed E-state index contributed by atoms with van der Waals surface area (Å²) in [7, 11) is 0. The van der Waals surface area contributed by atoms with Crippen LogP contribution in [0.3, 0.4) is 0 Å². The van der Waals surface area contributed by atoms with Crippen molar-refractivity contribution in [1.29, 1.82) is 0 Å². The predicted octanol–water partition coefficient (Wildman–Crippen LogP) is 3.11. The molecule has 2 atom stereocenters. The molecule has 0 aliphatic carbocycles. The highest BCUT2D eigenvalue weighted by molar-refractivity contribution is 8.00. The average molecular weight is 271 g/mol. The smallest absolute Gasteiger partial charge is 0.150 e. The van der Waals surface area contributed by atoms with Crippen LogP contribution >= 0.6 is 11.8 Å². The van der Waals surface area contributed by atoms with Crippen molar-refractivity contribution in [3.63, 3.8) is 0 Å². The monoisotopic (exact) mass is 271 g/mol. The van der Waals surface area contributed by atoms with Gasteiger partial charge in [0.2, 0.25) is 0 Å². The van der Waals surface area contributed by atoms with Crippen LogP contribution in [-0.4, -0.2) is 29.9 Å². The predicted molar refractivity (Wildman–Crippen MR) is 70.5 cm³/mol. The van der Waals surface area contributed by atoms with Crippen molar-refractivity contribution in [2.75, 3.05) is 18.0 Å². The molecule has 18 heavy (non-hydrogen) atoms. The van der Waals surface area contributed by atoms with E-state index in [-0.39, 0.29) is 11.3 Å². The summed E-state index contributed by atoms with van der Waals surface area (Å²) in [4.78, 5) is 12.3. The Bertz CT molecular complexity index is 433. The molecule has 0 amide bonds. The minimum atomic E-state index is -0.664. The molecule has 1 saturated heterocycles. The summed E-state index contributed by atoms with van der Waals surface area (Å²) >= 11 is 1.82. The molecule has 0 N–H and O–H groups in total. The van der Waals surface area contributed by atoms with Crippen LogP contribution in [0.1, 0.15) is 24.2 Å². The molecule has 2 unspecified atom stereocenters. The fourth-order valence-corrected chi connectivity index (χ4v) is 3.64. The Morgan fingerprint density at radius 1 is 1.22 bits per heavy atom. The van der Waals surface area contributed by atoms with Crippen molar-refractivity contribution in [2.45, 2.75) is 24.3 Å². The van der Waals surface area contributed by atoms with Crippen LogP contribution in [0, 0.1) is 11.6 Å². The van der Waals surface area contributed by atoms with Crippen molar-refractivity contribution in [3.8, 4) is 0 Å². The lowest BCUT2D eigenvalue weighted by Gasteiger charge is -2.36. The van der Waals surface area contributed by atoms with Gasteiger partial charge in [-0.2, -0.15) is 11.8 Å². The van der Waals surface area contributed by atoms with E-state index < -0.39 is 11.6 Å². The maximum Gasteiger partial charge on any atom is 0.150 e. The molecule has 0 saturated carbocycles. The van der Waals surface area contributed by atoms with Crippen molar-refractivity contribution in [2.24, 2.45) is 0 Å². The summed E-state index contributed by atoms with van der Waals surface area (Å²) in [6.45, 7) is 5.32. The molecule has 5 heteroatoms. The van der Waals surface area contributed by atoms with Crippen molar-refractivity contribution >= 4 is 23.7 Å². The Kier molecular flexibility index (Phi) is 3.90. The molecule has 0 spiro atoms. The average Bonchev–Trinajstić information content (AvgIpc) is 2.26. The Balaban J connectivity index is 2.35. The Morgan fingerprint density at radius 3 is 2.17 bits per heavy atom. The van der Waals surface area contributed by atoms with Gasteiger partial charge in [-0.05, 0) is 12.1 Å². The molecule has 0 bridgehead atoms. The Morgan fingerprint density at radius 2 is 1.72 bits per heavy atom. The van der Waals surface area contributed by atoms with E-state index in [1.165, 1.54) is 0 Å². The molecule has 1 fully saturated rings. The lowest BCUT2D eigenvalue weighted by molar-refractivity contribution is 0.112. The van der Waals surface area contributed by atoms with Crippen molar-refractivity contribution in [3.05, 3.63) is 29.3 Å². The van der Waals surface area contributed by atoms with Gasteiger partial charge in [0.05, 0.1) is 0 Å². The van der Waals surface area contributed by atoms with Gasteiger partial charge in [0, 0.05) is 29.2 Å². The highest BCUT2D eigenvalue weighted by atomic mass is 32.2. The summed E-state index contributed by atoms with van der Waals surface area (Å²) in [5.74, 6) is -1.33. The number of thioether (sulfide) groups is 1. The third-order valence-electron chi connectivity index (χ3n) is 2.91. The summed E-state index contributed by atoms with van der Waals surface area (Å²) in [5, 5.41) is 0.664. The van der Waals surface area contributed by atoms with Gasteiger partial charge in [-0.3, -0.25) is 4.79 Å².